The topological polar surface area (TPSA) is 61.8 Å². The third-order valence-electron chi connectivity index (χ3n) is 3.61. The van der Waals surface area contributed by atoms with Crippen molar-refractivity contribution < 1.29 is 5.21 Å². The molecule has 0 aliphatic heterocycles. The molecule has 0 aromatic rings. The summed E-state index contributed by atoms with van der Waals surface area (Å²) in [6, 6.07) is 0.615. The highest BCUT2D eigenvalue weighted by Crippen LogP contribution is 2.22. The lowest BCUT2D eigenvalue weighted by Gasteiger charge is -2.27. The molecule has 1 atom stereocenters. The van der Waals surface area contributed by atoms with Crippen molar-refractivity contribution in [2.75, 3.05) is 25.6 Å². The molecule has 0 aromatic heterocycles. The first-order valence-electron chi connectivity index (χ1n) is 6.52. The lowest BCUT2D eigenvalue weighted by Crippen LogP contribution is -2.34. The van der Waals surface area contributed by atoms with Crippen LogP contribution < -0.4 is 5.73 Å². The number of hydrogen-bond donors (Lipinski definition) is 2. The van der Waals surface area contributed by atoms with Gasteiger partial charge in [-0.2, -0.15) is 11.8 Å². The molecule has 0 heterocycles. The molecule has 0 aromatic carbocycles. The van der Waals surface area contributed by atoms with Crippen molar-refractivity contribution in [3.05, 3.63) is 0 Å². The van der Waals surface area contributed by atoms with Crippen LogP contribution in [0.1, 0.15) is 40.0 Å². The maximum absolute atomic E-state index is 8.71. The third-order valence-corrected chi connectivity index (χ3v) is 4.25. The summed E-state index contributed by atoms with van der Waals surface area (Å²) >= 11 is 1.90. The number of nitrogens with zero attached hydrogens (tertiary/aromatic N) is 2. The molecule has 0 saturated heterocycles. The number of oxime groups is 1. The van der Waals surface area contributed by atoms with Gasteiger partial charge >= 0.3 is 0 Å². The van der Waals surface area contributed by atoms with Crippen molar-refractivity contribution in [3.63, 3.8) is 0 Å². The Kier molecular flexibility index (Phi) is 8.44. The third kappa shape index (κ3) is 6.50. The number of thioether (sulfide) groups is 1. The van der Waals surface area contributed by atoms with Gasteiger partial charge in [-0.15, -0.1) is 0 Å². The van der Waals surface area contributed by atoms with Crippen LogP contribution in [0.15, 0.2) is 5.16 Å². The van der Waals surface area contributed by atoms with Crippen LogP contribution in [0.5, 0.6) is 0 Å². The Morgan fingerprint density at radius 3 is 2.61 bits per heavy atom. The number of nitrogens with two attached hydrogens (primary N) is 1. The molecule has 3 N–H and O–H groups in total. The molecular formula is C13H29N3OS. The van der Waals surface area contributed by atoms with Crippen molar-refractivity contribution in [2.24, 2.45) is 16.3 Å². The van der Waals surface area contributed by atoms with Crippen LogP contribution in [-0.2, 0) is 0 Å². The quantitative estimate of drug-likeness (QED) is 0.294. The highest BCUT2D eigenvalue weighted by molar-refractivity contribution is 7.98. The second-order valence-corrected chi connectivity index (χ2v) is 6.57. The van der Waals surface area contributed by atoms with Crippen molar-refractivity contribution in [1.29, 1.82) is 0 Å². The molecule has 0 radical (unpaired) electrons. The number of rotatable bonds is 9. The number of hydrogen-bond acceptors (Lipinski definition) is 4. The van der Waals surface area contributed by atoms with E-state index in [2.05, 4.69) is 30.3 Å². The van der Waals surface area contributed by atoms with Crippen molar-refractivity contribution >= 4 is 17.6 Å². The van der Waals surface area contributed by atoms with Gasteiger partial charge in [-0.1, -0.05) is 19.0 Å². The highest BCUT2D eigenvalue weighted by atomic mass is 32.2. The van der Waals surface area contributed by atoms with Crippen LogP contribution in [0.4, 0.5) is 0 Å². The Hall–Kier alpha value is -0.420. The normalized spacial score (nSPS) is 15.1. The minimum atomic E-state index is -0.224. The van der Waals surface area contributed by atoms with Crippen molar-refractivity contribution in [2.45, 2.75) is 46.1 Å². The van der Waals surface area contributed by atoms with Crippen LogP contribution in [0.25, 0.3) is 0 Å². The molecule has 108 valence electrons. The van der Waals surface area contributed by atoms with E-state index in [1.54, 1.807) is 0 Å². The number of amidine groups is 1. The molecule has 0 aliphatic carbocycles. The molecule has 0 bridgehead atoms. The first-order valence-corrected chi connectivity index (χ1v) is 7.91. The fourth-order valence-corrected chi connectivity index (χ4v) is 2.34. The van der Waals surface area contributed by atoms with Gasteiger partial charge in [0.1, 0.15) is 5.84 Å². The van der Waals surface area contributed by atoms with Gasteiger partial charge in [0, 0.05) is 11.5 Å². The van der Waals surface area contributed by atoms with Crippen LogP contribution in [0.2, 0.25) is 0 Å². The fourth-order valence-electron chi connectivity index (χ4n) is 1.76. The summed E-state index contributed by atoms with van der Waals surface area (Å²) < 4.78 is 0. The molecule has 0 fully saturated rings. The van der Waals surface area contributed by atoms with E-state index in [4.69, 9.17) is 10.9 Å². The minimum Gasteiger partial charge on any atom is -0.409 e. The van der Waals surface area contributed by atoms with Crippen LogP contribution >= 0.6 is 11.8 Å². The van der Waals surface area contributed by atoms with E-state index in [-0.39, 0.29) is 5.41 Å². The predicted molar refractivity (Wildman–Crippen MR) is 81.5 cm³/mol. The molecule has 18 heavy (non-hydrogen) atoms. The molecule has 0 amide bonds. The molecule has 0 rings (SSSR count). The average molecular weight is 275 g/mol. The van der Waals surface area contributed by atoms with E-state index < -0.39 is 0 Å². The van der Waals surface area contributed by atoms with Gasteiger partial charge in [0.25, 0.3) is 0 Å². The Bertz CT molecular complexity index is 257. The predicted octanol–water partition coefficient (Wildman–Crippen LogP) is 2.61. The largest absolute Gasteiger partial charge is 0.409 e. The van der Waals surface area contributed by atoms with Crippen molar-refractivity contribution in [3.8, 4) is 0 Å². The maximum atomic E-state index is 8.71. The van der Waals surface area contributed by atoms with Crippen LogP contribution in [-0.4, -0.2) is 47.6 Å². The maximum Gasteiger partial charge on any atom is 0.144 e. The molecular weight excluding hydrogens is 246 g/mol. The van der Waals surface area contributed by atoms with E-state index in [0.29, 0.717) is 11.9 Å². The zero-order valence-electron chi connectivity index (χ0n) is 12.4. The summed E-state index contributed by atoms with van der Waals surface area (Å²) in [4.78, 5) is 2.39. The average Bonchev–Trinajstić information content (AvgIpc) is 2.34. The highest BCUT2D eigenvalue weighted by Gasteiger charge is 2.23. The van der Waals surface area contributed by atoms with E-state index >= 15 is 0 Å². The fraction of sp³-hybridized carbons (Fsp3) is 0.923. The van der Waals surface area contributed by atoms with Gasteiger partial charge in [-0.25, -0.2) is 0 Å². The SMILES string of the molecule is CSCCC(C)N(C)CCCC(C)(C)C(N)=NO. The van der Waals surface area contributed by atoms with Gasteiger partial charge in [0.05, 0.1) is 0 Å². The molecule has 0 saturated carbocycles. The Morgan fingerprint density at radius 1 is 1.50 bits per heavy atom. The monoisotopic (exact) mass is 275 g/mol. The lowest BCUT2D eigenvalue weighted by molar-refractivity contribution is 0.238. The van der Waals surface area contributed by atoms with Gasteiger partial charge < -0.3 is 15.8 Å². The smallest absolute Gasteiger partial charge is 0.144 e. The van der Waals surface area contributed by atoms with Crippen LogP contribution in [0.3, 0.4) is 0 Å². The summed E-state index contributed by atoms with van der Waals surface area (Å²) in [6.07, 6.45) is 5.36. The molecule has 0 aliphatic rings. The standard InChI is InChI=1S/C13H29N3OS/c1-11(7-10-18-5)16(4)9-6-8-13(2,3)12(14)15-17/h11,17H,6-10H2,1-5H3,(H2,14,15). The zero-order valence-corrected chi connectivity index (χ0v) is 13.3. The van der Waals surface area contributed by atoms with E-state index in [0.717, 1.165) is 19.4 Å². The summed E-state index contributed by atoms with van der Waals surface area (Å²) in [5.74, 6) is 1.53. The Morgan fingerprint density at radius 2 is 2.11 bits per heavy atom. The van der Waals surface area contributed by atoms with Gasteiger partial charge in [-0.05, 0) is 51.8 Å². The first kappa shape index (κ1) is 17.6. The molecule has 0 spiro atoms. The summed E-state index contributed by atoms with van der Waals surface area (Å²) in [6.45, 7) is 7.35. The minimum absolute atomic E-state index is 0.224. The molecule has 5 heteroatoms. The van der Waals surface area contributed by atoms with Gasteiger partial charge in [0.15, 0.2) is 0 Å². The zero-order chi connectivity index (χ0) is 14.2. The lowest BCUT2D eigenvalue weighted by atomic mass is 9.86. The summed E-state index contributed by atoms with van der Waals surface area (Å²) in [5.41, 5.74) is 5.45. The van der Waals surface area contributed by atoms with Crippen molar-refractivity contribution in [1.82, 2.24) is 4.90 Å². The Balaban J connectivity index is 3.96. The van der Waals surface area contributed by atoms with E-state index in [9.17, 15) is 0 Å². The van der Waals surface area contributed by atoms with Crippen LogP contribution in [0, 0.1) is 5.41 Å². The summed E-state index contributed by atoms with van der Waals surface area (Å²) in [5, 5.41) is 11.8. The Labute approximate surface area is 116 Å². The molecule has 1 unspecified atom stereocenters. The first-order chi connectivity index (χ1) is 8.35. The van der Waals surface area contributed by atoms with E-state index in [1.807, 2.05) is 25.6 Å². The van der Waals surface area contributed by atoms with E-state index in [1.165, 1.54) is 12.2 Å². The second-order valence-electron chi connectivity index (χ2n) is 5.58. The molecule has 4 nitrogen and oxygen atoms in total. The van der Waals surface area contributed by atoms with Gasteiger partial charge in [-0.3, -0.25) is 0 Å². The van der Waals surface area contributed by atoms with Gasteiger partial charge in [0.2, 0.25) is 0 Å². The second kappa shape index (κ2) is 8.64. The summed E-state index contributed by atoms with van der Waals surface area (Å²) in [7, 11) is 2.17.